The Balaban J connectivity index is 2.04. The Kier molecular flexibility index (Phi) is 3.29. The third-order valence-corrected chi connectivity index (χ3v) is 5.95. The molecule has 0 aliphatic carbocycles. The Morgan fingerprint density at radius 2 is 2.07 bits per heavy atom. The summed E-state index contributed by atoms with van der Waals surface area (Å²) >= 11 is 3.70. The number of esters is 1. The van der Waals surface area contributed by atoms with E-state index in [4.69, 9.17) is 4.74 Å². The van der Waals surface area contributed by atoms with Gasteiger partial charge in [-0.25, -0.2) is 0 Å². The van der Waals surface area contributed by atoms with E-state index in [0.29, 0.717) is 11.0 Å². The van der Waals surface area contributed by atoms with E-state index in [2.05, 4.69) is 0 Å². The van der Waals surface area contributed by atoms with Crippen LogP contribution in [0, 0.1) is 5.92 Å². The zero-order chi connectivity index (χ0) is 10.1. The summed E-state index contributed by atoms with van der Waals surface area (Å²) in [5.74, 6) is 2.16. The van der Waals surface area contributed by atoms with E-state index in [1.54, 1.807) is 6.92 Å². The summed E-state index contributed by atoms with van der Waals surface area (Å²) in [5, 5.41) is 9.91. The number of aliphatic hydroxyl groups excluding tert-OH is 1. The van der Waals surface area contributed by atoms with Crippen molar-refractivity contribution in [2.75, 3.05) is 11.5 Å². The first-order chi connectivity index (χ1) is 6.68. The second kappa shape index (κ2) is 4.33. The molecule has 2 aliphatic heterocycles. The lowest BCUT2D eigenvalue weighted by Gasteiger charge is -2.34. The largest absolute Gasteiger partial charge is 0.460 e. The predicted octanol–water partition coefficient (Wildman–Crippen LogP) is 1.10. The van der Waals surface area contributed by atoms with Crippen LogP contribution < -0.4 is 0 Å². The molecule has 2 fully saturated rings. The Hall–Kier alpha value is 0.130. The molecule has 3 nitrogen and oxygen atoms in total. The van der Waals surface area contributed by atoms with E-state index in [-0.39, 0.29) is 18.0 Å². The van der Waals surface area contributed by atoms with Gasteiger partial charge in [-0.15, -0.1) is 23.5 Å². The fraction of sp³-hybridized carbons (Fsp3) is 0.889. The van der Waals surface area contributed by atoms with E-state index in [9.17, 15) is 9.90 Å². The number of carbonyl (C=O) groups is 1. The predicted molar refractivity (Wildman–Crippen MR) is 58.4 cm³/mol. The van der Waals surface area contributed by atoms with E-state index in [0.717, 1.165) is 11.5 Å². The number of thioether (sulfide) groups is 2. The van der Waals surface area contributed by atoms with Crippen LogP contribution in [0.3, 0.4) is 0 Å². The zero-order valence-corrected chi connectivity index (χ0v) is 9.64. The van der Waals surface area contributed by atoms with Crippen LogP contribution in [-0.4, -0.2) is 39.4 Å². The van der Waals surface area contributed by atoms with Crippen LogP contribution in [0.1, 0.15) is 13.3 Å². The van der Waals surface area contributed by atoms with Gasteiger partial charge >= 0.3 is 5.97 Å². The molecular weight excluding hydrogens is 220 g/mol. The number of aliphatic hydroxyl groups is 1. The number of carbonyl (C=O) groups excluding carboxylic acids is 1. The lowest BCUT2D eigenvalue weighted by Crippen LogP contribution is -2.44. The normalized spacial score (nSPS) is 39.9. The molecular formula is C9H14O3S2. The molecule has 80 valence electrons. The molecule has 0 bridgehead atoms. The van der Waals surface area contributed by atoms with Gasteiger partial charge in [-0.3, -0.25) is 4.79 Å². The molecule has 0 aromatic heterocycles. The molecule has 0 radical (unpaired) electrons. The molecule has 2 saturated heterocycles. The molecule has 0 spiro atoms. The molecule has 0 aromatic carbocycles. The van der Waals surface area contributed by atoms with E-state index in [1.165, 1.54) is 0 Å². The first-order valence-electron chi connectivity index (χ1n) is 4.79. The smallest absolute Gasteiger partial charge is 0.306 e. The van der Waals surface area contributed by atoms with Crippen molar-refractivity contribution in [1.29, 1.82) is 0 Å². The maximum atomic E-state index is 11.2. The summed E-state index contributed by atoms with van der Waals surface area (Å²) in [7, 11) is 0. The van der Waals surface area contributed by atoms with E-state index in [1.807, 2.05) is 23.5 Å². The molecule has 1 N–H and O–H groups in total. The van der Waals surface area contributed by atoms with Crippen molar-refractivity contribution >= 4 is 29.5 Å². The summed E-state index contributed by atoms with van der Waals surface area (Å²) in [4.78, 5) is 11.2. The SMILES string of the molecule is C[C@@H]1OC(=O)C[C@H](C2SCCS2)[C@H]1O. The van der Waals surface area contributed by atoms with Crippen LogP contribution in [0.25, 0.3) is 0 Å². The summed E-state index contributed by atoms with van der Waals surface area (Å²) < 4.78 is 5.36. The van der Waals surface area contributed by atoms with Crippen molar-refractivity contribution in [2.45, 2.75) is 30.1 Å². The van der Waals surface area contributed by atoms with Crippen molar-refractivity contribution in [1.82, 2.24) is 0 Å². The number of hydrogen-bond acceptors (Lipinski definition) is 5. The molecule has 2 aliphatic rings. The van der Waals surface area contributed by atoms with Gasteiger partial charge in [-0.05, 0) is 6.92 Å². The monoisotopic (exact) mass is 234 g/mol. The highest BCUT2D eigenvalue weighted by atomic mass is 32.2. The highest BCUT2D eigenvalue weighted by molar-refractivity contribution is 8.20. The third kappa shape index (κ3) is 2.04. The van der Waals surface area contributed by atoms with Crippen LogP contribution in [0.15, 0.2) is 0 Å². The minimum Gasteiger partial charge on any atom is -0.460 e. The van der Waals surface area contributed by atoms with Gasteiger partial charge in [-0.2, -0.15) is 0 Å². The van der Waals surface area contributed by atoms with Crippen molar-refractivity contribution in [3.8, 4) is 0 Å². The van der Waals surface area contributed by atoms with E-state index < -0.39 is 6.10 Å². The first-order valence-corrected chi connectivity index (χ1v) is 6.89. The Morgan fingerprint density at radius 3 is 2.71 bits per heavy atom. The second-order valence-electron chi connectivity index (χ2n) is 3.66. The minimum absolute atomic E-state index is 0.0729. The van der Waals surface area contributed by atoms with Gasteiger partial charge in [0.1, 0.15) is 6.10 Å². The quantitative estimate of drug-likeness (QED) is 0.689. The Morgan fingerprint density at radius 1 is 1.43 bits per heavy atom. The highest BCUT2D eigenvalue weighted by Gasteiger charge is 2.41. The number of rotatable bonds is 1. The number of ether oxygens (including phenoxy) is 1. The zero-order valence-electron chi connectivity index (χ0n) is 8.01. The molecule has 2 heterocycles. The van der Waals surface area contributed by atoms with Gasteiger partial charge in [0.25, 0.3) is 0 Å². The third-order valence-electron chi connectivity index (χ3n) is 2.64. The van der Waals surface area contributed by atoms with Gasteiger partial charge in [0.15, 0.2) is 0 Å². The van der Waals surface area contributed by atoms with Crippen LogP contribution in [-0.2, 0) is 9.53 Å². The minimum atomic E-state index is -0.490. The standard InChI is InChI=1S/C9H14O3S2/c1-5-8(11)6(4-7(10)12-5)9-13-2-3-14-9/h5-6,8-9,11H,2-4H2,1H3/t5-,6-,8-/m0/s1. The lowest BCUT2D eigenvalue weighted by atomic mass is 9.94. The molecule has 5 heteroatoms. The molecule has 0 aromatic rings. The average molecular weight is 234 g/mol. The number of hydrogen-bond donors (Lipinski definition) is 1. The Bertz CT molecular complexity index is 226. The van der Waals surface area contributed by atoms with Gasteiger partial charge in [0.2, 0.25) is 0 Å². The lowest BCUT2D eigenvalue weighted by molar-refractivity contribution is -0.167. The maximum Gasteiger partial charge on any atom is 0.306 e. The fourth-order valence-electron chi connectivity index (χ4n) is 1.87. The molecule has 2 rings (SSSR count). The van der Waals surface area contributed by atoms with Gasteiger partial charge in [0, 0.05) is 17.4 Å². The molecule has 3 atom stereocenters. The van der Waals surface area contributed by atoms with Crippen LogP contribution in [0.4, 0.5) is 0 Å². The van der Waals surface area contributed by atoms with Crippen LogP contribution in [0.2, 0.25) is 0 Å². The summed E-state index contributed by atoms with van der Waals surface area (Å²) in [6, 6.07) is 0. The van der Waals surface area contributed by atoms with Crippen molar-refractivity contribution in [2.24, 2.45) is 5.92 Å². The fourth-order valence-corrected chi connectivity index (χ4v) is 5.07. The van der Waals surface area contributed by atoms with Crippen LogP contribution >= 0.6 is 23.5 Å². The highest BCUT2D eigenvalue weighted by Crippen LogP contribution is 2.42. The summed E-state index contributed by atoms with van der Waals surface area (Å²) in [6.07, 6.45) is -0.463. The van der Waals surface area contributed by atoms with Gasteiger partial charge in [0.05, 0.1) is 17.1 Å². The molecule has 0 saturated carbocycles. The van der Waals surface area contributed by atoms with Gasteiger partial charge in [-0.1, -0.05) is 0 Å². The van der Waals surface area contributed by atoms with E-state index >= 15 is 0 Å². The second-order valence-corrected chi connectivity index (χ2v) is 6.46. The molecule has 0 unspecified atom stereocenters. The van der Waals surface area contributed by atoms with Gasteiger partial charge < -0.3 is 9.84 Å². The topological polar surface area (TPSA) is 46.5 Å². The van der Waals surface area contributed by atoms with Crippen molar-refractivity contribution in [3.05, 3.63) is 0 Å². The maximum absolute atomic E-state index is 11.2. The molecule has 14 heavy (non-hydrogen) atoms. The first kappa shape index (κ1) is 10.6. The Labute approximate surface area is 92.0 Å². The summed E-state index contributed by atoms with van der Waals surface area (Å²) in [6.45, 7) is 1.76. The van der Waals surface area contributed by atoms with Crippen LogP contribution in [0.5, 0.6) is 0 Å². The molecule has 0 amide bonds. The average Bonchev–Trinajstić information content (AvgIpc) is 2.63. The number of cyclic esters (lactones) is 1. The van der Waals surface area contributed by atoms with Crippen molar-refractivity contribution < 1.29 is 14.6 Å². The van der Waals surface area contributed by atoms with Crippen molar-refractivity contribution in [3.63, 3.8) is 0 Å². The summed E-state index contributed by atoms with van der Waals surface area (Å²) in [5.41, 5.74) is 0.